The second kappa shape index (κ2) is 5.52. The van der Waals surface area contributed by atoms with Crippen molar-refractivity contribution < 1.29 is 12.8 Å². The van der Waals surface area contributed by atoms with Gasteiger partial charge < -0.3 is 4.90 Å². The summed E-state index contributed by atoms with van der Waals surface area (Å²) in [4.78, 5) is 5.38. The van der Waals surface area contributed by atoms with E-state index in [1.807, 2.05) is 19.0 Å². The number of nitrogens with one attached hydrogen (secondary N) is 1. The Morgan fingerprint density at radius 3 is 2.71 bits per heavy atom. The minimum absolute atomic E-state index is 0.323. The Labute approximate surface area is 101 Å². The Bertz CT molecular complexity index is 476. The summed E-state index contributed by atoms with van der Waals surface area (Å²) in [6.07, 6.45) is 1.24. The Morgan fingerprint density at radius 2 is 2.18 bits per heavy atom. The SMILES string of the molecule is CC(CN(C)C)NS(=O)(=O)c1ncccc1F. The molecule has 0 fully saturated rings. The number of likely N-dealkylation sites (N-methyl/N-ethyl adjacent to an activating group) is 1. The van der Waals surface area contributed by atoms with Crippen molar-refractivity contribution in [3.8, 4) is 0 Å². The molecule has 0 aliphatic rings. The summed E-state index contributed by atoms with van der Waals surface area (Å²) in [6, 6.07) is 2.09. The molecule has 17 heavy (non-hydrogen) atoms. The molecule has 1 rings (SSSR count). The van der Waals surface area contributed by atoms with Crippen molar-refractivity contribution >= 4 is 10.0 Å². The molecule has 1 heterocycles. The van der Waals surface area contributed by atoms with Crippen molar-refractivity contribution in [1.82, 2.24) is 14.6 Å². The first kappa shape index (κ1) is 14.0. The van der Waals surface area contributed by atoms with Crippen molar-refractivity contribution in [2.24, 2.45) is 0 Å². The third-order valence-corrected chi connectivity index (χ3v) is 3.50. The molecule has 0 bridgehead atoms. The first-order chi connectivity index (χ1) is 7.83. The number of sulfonamides is 1. The van der Waals surface area contributed by atoms with E-state index in [1.165, 1.54) is 12.3 Å². The van der Waals surface area contributed by atoms with E-state index in [-0.39, 0.29) is 6.04 Å². The smallest absolute Gasteiger partial charge is 0.261 e. The summed E-state index contributed by atoms with van der Waals surface area (Å²) in [5.74, 6) is -0.850. The van der Waals surface area contributed by atoms with Crippen LogP contribution < -0.4 is 4.72 Å². The molecular weight excluding hydrogens is 245 g/mol. The highest BCUT2D eigenvalue weighted by Gasteiger charge is 2.22. The summed E-state index contributed by atoms with van der Waals surface area (Å²) in [5, 5.41) is -0.564. The molecule has 7 heteroatoms. The number of pyridine rings is 1. The normalized spacial score (nSPS) is 13.9. The molecule has 0 radical (unpaired) electrons. The van der Waals surface area contributed by atoms with Gasteiger partial charge in [0.2, 0.25) is 5.03 Å². The zero-order valence-electron chi connectivity index (χ0n) is 10.0. The molecule has 1 N–H and O–H groups in total. The lowest BCUT2D eigenvalue weighted by Gasteiger charge is -2.18. The molecule has 0 saturated carbocycles. The van der Waals surface area contributed by atoms with Gasteiger partial charge in [0.05, 0.1) is 0 Å². The van der Waals surface area contributed by atoms with Crippen LogP contribution in [0.25, 0.3) is 0 Å². The molecule has 5 nitrogen and oxygen atoms in total. The van der Waals surface area contributed by atoms with Gasteiger partial charge in [-0.05, 0) is 33.2 Å². The van der Waals surface area contributed by atoms with E-state index in [4.69, 9.17) is 0 Å². The maximum Gasteiger partial charge on any atom is 0.261 e. The topological polar surface area (TPSA) is 62.3 Å². The quantitative estimate of drug-likeness (QED) is 0.836. The minimum atomic E-state index is -3.90. The van der Waals surface area contributed by atoms with E-state index in [0.717, 1.165) is 6.07 Å². The predicted molar refractivity (Wildman–Crippen MR) is 62.5 cm³/mol. The van der Waals surface area contributed by atoms with Crippen LogP contribution in [0.15, 0.2) is 23.4 Å². The molecule has 0 saturated heterocycles. The van der Waals surface area contributed by atoms with Crippen LogP contribution in [0.2, 0.25) is 0 Å². The fourth-order valence-electron chi connectivity index (χ4n) is 1.47. The monoisotopic (exact) mass is 261 g/mol. The molecule has 1 atom stereocenters. The molecule has 1 aromatic heterocycles. The number of nitrogens with zero attached hydrogens (tertiary/aromatic N) is 2. The predicted octanol–water partition coefficient (Wildman–Crippen LogP) is 0.449. The minimum Gasteiger partial charge on any atom is -0.308 e. The van der Waals surface area contributed by atoms with Gasteiger partial charge in [-0.15, -0.1) is 0 Å². The second-order valence-corrected chi connectivity index (χ2v) is 5.70. The maximum atomic E-state index is 13.3. The standard InChI is InChI=1S/C10H16FN3O2S/c1-8(7-14(2)3)13-17(15,16)10-9(11)5-4-6-12-10/h4-6,8,13H,7H2,1-3H3. The second-order valence-electron chi connectivity index (χ2n) is 4.07. The summed E-state index contributed by atoms with van der Waals surface area (Å²) >= 11 is 0. The zero-order chi connectivity index (χ0) is 13.1. The van der Waals surface area contributed by atoms with Crippen LogP contribution in [0.5, 0.6) is 0 Å². The Balaban J connectivity index is 2.86. The van der Waals surface area contributed by atoms with Gasteiger partial charge in [0.25, 0.3) is 10.0 Å². The average Bonchev–Trinajstić information content (AvgIpc) is 2.15. The first-order valence-electron chi connectivity index (χ1n) is 5.10. The summed E-state index contributed by atoms with van der Waals surface area (Å²) in [6.45, 7) is 2.23. The van der Waals surface area contributed by atoms with Crippen molar-refractivity contribution in [2.75, 3.05) is 20.6 Å². The molecule has 0 spiro atoms. The van der Waals surface area contributed by atoms with Gasteiger partial charge in [0.15, 0.2) is 5.82 Å². The van der Waals surface area contributed by atoms with E-state index in [9.17, 15) is 12.8 Å². The van der Waals surface area contributed by atoms with Gasteiger partial charge in [0.1, 0.15) is 0 Å². The fourth-order valence-corrected chi connectivity index (χ4v) is 2.71. The number of aromatic nitrogens is 1. The van der Waals surface area contributed by atoms with Crippen LogP contribution in [0, 0.1) is 5.82 Å². The van der Waals surface area contributed by atoms with Crippen LogP contribution in [0.1, 0.15) is 6.92 Å². The maximum absolute atomic E-state index is 13.3. The molecule has 1 aromatic rings. The van der Waals surface area contributed by atoms with Gasteiger partial charge in [0, 0.05) is 18.8 Å². The molecule has 0 aliphatic heterocycles. The number of halogens is 1. The van der Waals surface area contributed by atoms with E-state index in [2.05, 4.69) is 9.71 Å². The van der Waals surface area contributed by atoms with Crippen LogP contribution >= 0.6 is 0 Å². The lowest BCUT2D eigenvalue weighted by Crippen LogP contribution is -2.40. The Hall–Kier alpha value is -1.05. The van der Waals surface area contributed by atoms with Crippen LogP contribution in [-0.4, -0.2) is 45.0 Å². The summed E-state index contributed by atoms with van der Waals surface area (Å²) < 4.78 is 39.3. The third-order valence-electron chi connectivity index (χ3n) is 1.97. The third kappa shape index (κ3) is 4.03. The molecule has 96 valence electrons. The van der Waals surface area contributed by atoms with Crippen molar-refractivity contribution in [3.05, 3.63) is 24.1 Å². The lowest BCUT2D eigenvalue weighted by atomic mass is 10.3. The van der Waals surface area contributed by atoms with Gasteiger partial charge >= 0.3 is 0 Å². The molecule has 0 amide bonds. The van der Waals surface area contributed by atoms with Crippen molar-refractivity contribution in [3.63, 3.8) is 0 Å². The Kier molecular flexibility index (Phi) is 4.55. The molecule has 1 unspecified atom stereocenters. The van der Waals surface area contributed by atoms with E-state index in [0.29, 0.717) is 6.54 Å². The van der Waals surface area contributed by atoms with Gasteiger partial charge in [-0.2, -0.15) is 0 Å². The zero-order valence-corrected chi connectivity index (χ0v) is 10.8. The Morgan fingerprint density at radius 1 is 1.53 bits per heavy atom. The van der Waals surface area contributed by atoms with Gasteiger partial charge in [-0.3, -0.25) is 0 Å². The van der Waals surface area contributed by atoms with Crippen LogP contribution in [0.4, 0.5) is 4.39 Å². The summed E-state index contributed by atoms with van der Waals surface area (Å²) in [7, 11) is -0.247. The number of hydrogen-bond acceptors (Lipinski definition) is 4. The number of hydrogen-bond donors (Lipinski definition) is 1. The lowest BCUT2D eigenvalue weighted by molar-refractivity contribution is 0.369. The molecule has 0 aromatic carbocycles. The van der Waals surface area contributed by atoms with Crippen LogP contribution in [-0.2, 0) is 10.0 Å². The van der Waals surface area contributed by atoms with E-state index >= 15 is 0 Å². The van der Waals surface area contributed by atoms with Gasteiger partial charge in [-0.25, -0.2) is 22.5 Å². The molecular formula is C10H16FN3O2S. The highest BCUT2D eigenvalue weighted by Crippen LogP contribution is 2.10. The molecule has 0 aliphatic carbocycles. The van der Waals surface area contributed by atoms with Gasteiger partial charge in [-0.1, -0.05) is 0 Å². The van der Waals surface area contributed by atoms with Crippen LogP contribution in [0.3, 0.4) is 0 Å². The van der Waals surface area contributed by atoms with Crippen molar-refractivity contribution in [1.29, 1.82) is 0 Å². The fraction of sp³-hybridized carbons (Fsp3) is 0.500. The summed E-state index contributed by atoms with van der Waals surface area (Å²) in [5.41, 5.74) is 0. The highest BCUT2D eigenvalue weighted by molar-refractivity contribution is 7.89. The average molecular weight is 261 g/mol. The number of rotatable bonds is 5. The first-order valence-corrected chi connectivity index (χ1v) is 6.59. The highest BCUT2D eigenvalue weighted by atomic mass is 32.2. The largest absolute Gasteiger partial charge is 0.308 e. The van der Waals surface area contributed by atoms with E-state index < -0.39 is 20.9 Å². The van der Waals surface area contributed by atoms with Crippen molar-refractivity contribution in [2.45, 2.75) is 18.0 Å². The van der Waals surface area contributed by atoms with E-state index in [1.54, 1.807) is 6.92 Å².